The van der Waals surface area contributed by atoms with Crippen LogP contribution < -0.4 is 5.32 Å². The van der Waals surface area contributed by atoms with E-state index in [4.69, 9.17) is 16.7 Å². The van der Waals surface area contributed by atoms with E-state index >= 15 is 0 Å². The summed E-state index contributed by atoms with van der Waals surface area (Å²) in [7, 11) is 0. The van der Waals surface area contributed by atoms with Crippen molar-refractivity contribution in [2.24, 2.45) is 0 Å². The van der Waals surface area contributed by atoms with Crippen LogP contribution in [0.2, 0.25) is 5.02 Å². The van der Waals surface area contributed by atoms with Gasteiger partial charge in [-0.3, -0.25) is 4.79 Å². The Balaban J connectivity index is 2.82. The van der Waals surface area contributed by atoms with Gasteiger partial charge in [0.2, 0.25) is 0 Å². The Kier molecular flexibility index (Phi) is 4.05. The van der Waals surface area contributed by atoms with Gasteiger partial charge in [-0.05, 0) is 19.1 Å². The summed E-state index contributed by atoms with van der Waals surface area (Å²) >= 11 is 5.68. The van der Waals surface area contributed by atoms with Crippen molar-refractivity contribution in [1.29, 1.82) is 0 Å². The minimum atomic E-state index is -0.681. The Morgan fingerprint density at radius 1 is 1.67 bits per heavy atom. The van der Waals surface area contributed by atoms with Gasteiger partial charge in [0.15, 0.2) is 0 Å². The molecule has 1 atom stereocenters. The van der Waals surface area contributed by atoms with Crippen molar-refractivity contribution in [1.82, 2.24) is 5.32 Å². The lowest BCUT2D eigenvalue weighted by Gasteiger charge is -2.08. The Morgan fingerprint density at radius 3 is 2.87 bits per heavy atom. The van der Waals surface area contributed by atoms with Crippen LogP contribution in [0.3, 0.4) is 0 Å². The normalized spacial score (nSPS) is 12.3. The molecule has 0 spiro atoms. The number of amides is 1. The van der Waals surface area contributed by atoms with Crippen LogP contribution in [-0.2, 0) is 0 Å². The van der Waals surface area contributed by atoms with Crippen LogP contribution in [-0.4, -0.2) is 23.7 Å². The molecule has 1 amide bonds. The Labute approximate surface area is 91.9 Å². The largest absolute Gasteiger partial charge is 0.392 e. The first kappa shape index (κ1) is 11.9. The molecule has 5 heteroatoms. The van der Waals surface area contributed by atoms with Crippen LogP contribution in [0.15, 0.2) is 18.2 Å². The molecule has 0 aliphatic heterocycles. The van der Waals surface area contributed by atoms with Crippen LogP contribution in [0.5, 0.6) is 0 Å². The summed E-state index contributed by atoms with van der Waals surface area (Å²) in [6, 6.07) is 4.01. The van der Waals surface area contributed by atoms with Gasteiger partial charge in [-0.2, -0.15) is 0 Å². The molecule has 1 aromatic rings. The second-order valence-electron chi connectivity index (χ2n) is 3.16. The summed E-state index contributed by atoms with van der Waals surface area (Å²) in [4.78, 5) is 11.4. The number of halogens is 2. The lowest BCUT2D eigenvalue weighted by Crippen LogP contribution is -2.31. The Bertz CT molecular complexity index is 348. The molecular weight excluding hydrogens is 221 g/mol. The maximum Gasteiger partial charge on any atom is 0.255 e. The van der Waals surface area contributed by atoms with Gasteiger partial charge >= 0.3 is 0 Å². The second-order valence-corrected chi connectivity index (χ2v) is 3.56. The summed E-state index contributed by atoms with van der Waals surface area (Å²) in [6.45, 7) is 1.58. The number of aliphatic hydroxyl groups is 1. The molecule has 0 bridgehead atoms. The molecule has 1 unspecified atom stereocenters. The number of carbonyl (C=O) groups is 1. The molecule has 1 aromatic carbocycles. The number of carbonyl (C=O) groups excluding carboxylic acids is 1. The fourth-order valence-corrected chi connectivity index (χ4v) is 1.29. The van der Waals surface area contributed by atoms with Crippen molar-refractivity contribution in [3.8, 4) is 0 Å². The van der Waals surface area contributed by atoms with Gasteiger partial charge in [-0.15, -0.1) is 0 Å². The molecule has 0 heterocycles. The summed E-state index contributed by atoms with van der Waals surface area (Å²) in [5, 5.41) is 11.4. The van der Waals surface area contributed by atoms with Crippen molar-refractivity contribution >= 4 is 17.5 Å². The molecule has 15 heavy (non-hydrogen) atoms. The van der Waals surface area contributed by atoms with Crippen molar-refractivity contribution < 1.29 is 14.3 Å². The summed E-state index contributed by atoms with van der Waals surface area (Å²) < 4.78 is 13.2. The molecule has 3 nitrogen and oxygen atoms in total. The number of benzene rings is 1. The van der Waals surface area contributed by atoms with Crippen LogP contribution in [0.4, 0.5) is 4.39 Å². The van der Waals surface area contributed by atoms with E-state index in [0.29, 0.717) is 0 Å². The zero-order valence-corrected chi connectivity index (χ0v) is 8.88. The van der Waals surface area contributed by atoms with Gasteiger partial charge in [-0.25, -0.2) is 4.39 Å². The van der Waals surface area contributed by atoms with Gasteiger partial charge in [0.25, 0.3) is 5.91 Å². The van der Waals surface area contributed by atoms with Crippen LogP contribution >= 0.6 is 11.6 Å². The van der Waals surface area contributed by atoms with E-state index in [2.05, 4.69) is 5.32 Å². The van der Waals surface area contributed by atoms with Crippen molar-refractivity contribution in [2.45, 2.75) is 13.0 Å². The third-order valence-corrected chi connectivity index (χ3v) is 2.06. The highest BCUT2D eigenvalue weighted by atomic mass is 35.5. The predicted octanol–water partition coefficient (Wildman–Crippen LogP) is 1.59. The maximum absolute atomic E-state index is 13.2. The number of nitrogens with one attached hydrogen (secondary N) is 1. The predicted molar refractivity (Wildman–Crippen MR) is 55.4 cm³/mol. The van der Waals surface area contributed by atoms with Crippen molar-refractivity contribution in [3.63, 3.8) is 0 Å². The topological polar surface area (TPSA) is 49.3 Å². The van der Waals surface area contributed by atoms with Crippen molar-refractivity contribution in [3.05, 3.63) is 34.6 Å². The molecule has 0 aliphatic rings. The lowest BCUT2D eigenvalue weighted by molar-refractivity contribution is 0.0920. The van der Waals surface area contributed by atoms with Gasteiger partial charge in [0, 0.05) is 6.54 Å². The van der Waals surface area contributed by atoms with Crippen LogP contribution in [0, 0.1) is 5.82 Å². The highest BCUT2D eigenvalue weighted by Gasteiger charge is 2.15. The minimum absolute atomic E-state index is 0.0538. The highest BCUT2D eigenvalue weighted by molar-refractivity contribution is 6.33. The monoisotopic (exact) mass is 231 g/mol. The van der Waals surface area contributed by atoms with E-state index in [1.54, 1.807) is 0 Å². The fraction of sp³-hybridized carbons (Fsp3) is 0.300. The van der Waals surface area contributed by atoms with Crippen molar-refractivity contribution in [2.75, 3.05) is 6.54 Å². The van der Waals surface area contributed by atoms with E-state index < -0.39 is 17.8 Å². The van der Waals surface area contributed by atoms with E-state index in [0.717, 1.165) is 6.07 Å². The minimum Gasteiger partial charge on any atom is -0.392 e. The smallest absolute Gasteiger partial charge is 0.255 e. The third kappa shape index (κ3) is 3.18. The Morgan fingerprint density at radius 2 is 2.33 bits per heavy atom. The zero-order chi connectivity index (χ0) is 11.4. The molecule has 0 saturated heterocycles. The molecular formula is C10H11ClFNO2. The maximum atomic E-state index is 13.2. The van der Waals surface area contributed by atoms with Gasteiger partial charge < -0.3 is 10.4 Å². The quantitative estimate of drug-likeness (QED) is 0.830. The van der Waals surface area contributed by atoms with E-state index in [-0.39, 0.29) is 17.1 Å². The standard InChI is InChI=1S/C10H11ClFNO2/c1-6(14)5-13-10(15)9-7(11)3-2-4-8(9)12/h2-4,6,14H,5H2,1H3,(H,13,15). The number of aliphatic hydroxyl groups excluding tert-OH is 1. The fourth-order valence-electron chi connectivity index (χ4n) is 1.04. The number of rotatable bonds is 3. The van der Waals surface area contributed by atoms with Crippen LogP contribution in [0.1, 0.15) is 17.3 Å². The molecule has 0 aliphatic carbocycles. The first-order chi connectivity index (χ1) is 7.02. The molecule has 0 fully saturated rings. The van der Waals surface area contributed by atoms with E-state index in [1.807, 2.05) is 0 Å². The molecule has 2 N–H and O–H groups in total. The summed E-state index contributed by atoms with van der Waals surface area (Å²) in [5.74, 6) is -1.30. The summed E-state index contributed by atoms with van der Waals surface area (Å²) in [6.07, 6.45) is -0.681. The number of hydrogen-bond donors (Lipinski definition) is 2. The summed E-state index contributed by atoms with van der Waals surface area (Å²) in [5.41, 5.74) is -0.195. The number of hydrogen-bond acceptors (Lipinski definition) is 2. The first-order valence-corrected chi connectivity index (χ1v) is 4.80. The SMILES string of the molecule is CC(O)CNC(=O)c1c(F)cccc1Cl. The average Bonchev–Trinajstić information content (AvgIpc) is 2.14. The molecule has 0 radical (unpaired) electrons. The molecule has 0 aromatic heterocycles. The first-order valence-electron chi connectivity index (χ1n) is 4.42. The molecule has 0 saturated carbocycles. The lowest BCUT2D eigenvalue weighted by atomic mass is 10.2. The highest BCUT2D eigenvalue weighted by Crippen LogP contribution is 2.18. The van der Waals surface area contributed by atoms with Gasteiger partial charge in [0.05, 0.1) is 16.7 Å². The van der Waals surface area contributed by atoms with Gasteiger partial charge in [0.1, 0.15) is 5.82 Å². The molecule has 1 rings (SSSR count). The van der Waals surface area contributed by atoms with E-state index in [9.17, 15) is 9.18 Å². The van der Waals surface area contributed by atoms with E-state index in [1.165, 1.54) is 19.1 Å². The third-order valence-electron chi connectivity index (χ3n) is 1.75. The Hall–Kier alpha value is -1.13. The average molecular weight is 232 g/mol. The second kappa shape index (κ2) is 5.09. The molecule has 82 valence electrons. The zero-order valence-electron chi connectivity index (χ0n) is 8.13. The van der Waals surface area contributed by atoms with Gasteiger partial charge in [-0.1, -0.05) is 17.7 Å². The van der Waals surface area contributed by atoms with Crippen LogP contribution in [0.25, 0.3) is 0 Å².